The Hall–Kier alpha value is -2.67. The molecule has 0 radical (unpaired) electrons. The number of aromatic nitrogens is 2. The van der Waals surface area contributed by atoms with Gasteiger partial charge >= 0.3 is 0 Å². The predicted octanol–water partition coefficient (Wildman–Crippen LogP) is 2.32. The van der Waals surface area contributed by atoms with Gasteiger partial charge in [0.15, 0.2) is 0 Å². The molecule has 0 saturated carbocycles. The third-order valence-corrected chi connectivity index (χ3v) is 4.56. The summed E-state index contributed by atoms with van der Waals surface area (Å²) in [4.78, 5) is 14.5. The van der Waals surface area contributed by atoms with Gasteiger partial charge in [-0.1, -0.05) is 24.3 Å². The maximum absolute atomic E-state index is 12.9. The Bertz CT molecular complexity index is 772. The Morgan fingerprint density at radius 2 is 2.15 bits per heavy atom. The summed E-state index contributed by atoms with van der Waals surface area (Å²) < 4.78 is 20.1. The van der Waals surface area contributed by atoms with E-state index in [1.54, 1.807) is 36.1 Å². The van der Waals surface area contributed by atoms with Crippen LogP contribution in [0.2, 0.25) is 0 Å². The molecule has 1 amide bonds. The number of anilines is 1. The maximum atomic E-state index is 12.9. The average Bonchev–Trinajstić information content (AvgIpc) is 3.23. The molecule has 1 aliphatic rings. The normalized spacial score (nSPS) is 20.2. The van der Waals surface area contributed by atoms with Crippen LogP contribution >= 0.6 is 0 Å². The van der Waals surface area contributed by atoms with E-state index in [0.29, 0.717) is 18.9 Å². The van der Waals surface area contributed by atoms with Gasteiger partial charge in [-0.15, -0.1) is 0 Å². The lowest BCUT2D eigenvalue weighted by Crippen LogP contribution is -2.38. The van der Waals surface area contributed by atoms with Crippen LogP contribution in [0.5, 0.6) is 0 Å². The zero-order valence-corrected chi connectivity index (χ0v) is 14.7. The van der Waals surface area contributed by atoms with E-state index in [2.05, 4.69) is 5.10 Å². The van der Waals surface area contributed by atoms with E-state index in [4.69, 9.17) is 10.5 Å². The zero-order chi connectivity index (χ0) is 18.5. The van der Waals surface area contributed by atoms with E-state index in [0.717, 1.165) is 12.0 Å². The summed E-state index contributed by atoms with van der Waals surface area (Å²) in [6.07, 6.45) is 6.52. The van der Waals surface area contributed by atoms with Crippen molar-refractivity contribution in [1.82, 2.24) is 14.7 Å². The lowest BCUT2D eigenvalue weighted by molar-refractivity contribution is -0.131. The number of methoxy groups -OCH3 is 1. The standard InChI is InChI=1S/C19H23FN4O2/c1-26-17-11-16(12-23-10-9-18(21)22-23)24(13-17)19(25)4-2-3-14-5-7-15(20)8-6-14/h2-3,5-10,16-17H,4,11-13H2,1H3,(H2,21,22)/b3-2+/t16-,17+/m0/s1. The topological polar surface area (TPSA) is 73.4 Å². The average molecular weight is 358 g/mol. The van der Waals surface area contributed by atoms with E-state index in [9.17, 15) is 9.18 Å². The zero-order valence-electron chi connectivity index (χ0n) is 14.7. The summed E-state index contributed by atoms with van der Waals surface area (Å²) in [6, 6.07) is 7.91. The van der Waals surface area contributed by atoms with Gasteiger partial charge in [0, 0.05) is 26.3 Å². The van der Waals surface area contributed by atoms with Crippen molar-refractivity contribution in [3.8, 4) is 0 Å². The molecule has 2 N–H and O–H groups in total. The van der Waals surface area contributed by atoms with Crippen LogP contribution < -0.4 is 5.73 Å². The molecule has 0 bridgehead atoms. The Balaban J connectivity index is 1.62. The largest absolute Gasteiger partial charge is 0.382 e. The highest BCUT2D eigenvalue weighted by Crippen LogP contribution is 2.22. The number of carbonyl (C=O) groups is 1. The van der Waals surface area contributed by atoms with Crippen LogP contribution in [0.4, 0.5) is 10.2 Å². The van der Waals surface area contributed by atoms with Crippen molar-refractivity contribution < 1.29 is 13.9 Å². The number of hydrogen-bond donors (Lipinski definition) is 1. The number of likely N-dealkylation sites (tertiary alicyclic amines) is 1. The quantitative estimate of drug-likeness (QED) is 0.860. The van der Waals surface area contributed by atoms with Crippen LogP contribution in [-0.2, 0) is 16.1 Å². The molecule has 6 nitrogen and oxygen atoms in total. The van der Waals surface area contributed by atoms with Gasteiger partial charge in [0.05, 0.1) is 18.7 Å². The maximum Gasteiger partial charge on any atom is 0.226 e. The molecule has 138 valence electrons. The molecular formula is C19H23FN4O2. The Labute approximate surface area is 152 Å². The Morgan fingerprint density at radius 1 is 1.38 bits per heavy atom. The number of amides is 1. The molecule has 1 aromatic heterocycles. The molecule has 2 aromatic rings. The lowest BCUT2D eigenvalue weighted by atomic mass is 10.2. The van der Waals surface area contributed by atoms with Gasteiger partial charge in [0.1, 0.15) is 11.6 Å². The number of carbonyl (C=O) groups excluding carboxylic acids is 1. The van der Waals surface area contributed by atoms with Crippen LogP contribution in [0.1, 0.15) is 18.4 Å². The van der Waals surface area contributed by atoms with Crippen LogP contribution in [0.25, 0.3) is 6.08 Å². The highest BCUT2D eigenvalue weighted by Gasteiger charge is 2.35. The smallest absolute Gasteiger partial charge is 0.226 e. The van der Waals surface area contributed by atoms with Crippen molar-refractivity contribution in [2.45, 2.75) is 31.5 Å². The number of nitrogens with two attached hydrogens (primary N) is 1. The molecule has 1 saturated heterocycles. The molecule has 1 aliphatic heterocycles. The number of hydrogen-bond acceptors (Lipinski definition) is 4. The molecule has 0 unspecified atom stereocenters. The van der Waals surface area contributed by atoms with Crippen molar-refractivity contribution in [3.05, 3.63) is 54.0 Å². The van der Waals surface area contributed by atoms with Gasteiger partial charge in [-0.2, -0.15) is 5.10 Å². The number of nitrogen functional groups attached to an aromatic ring is 1. The Morgan fingerprint density at radius 3 is 2.81 bits per heavy atom. The molecule has 0 aliphatic carbocycles. The van der Waals surface area contributed by atoms with E-state index >= 15 is 0 Å². The SMILES string of the molecule is CO[C@@H]1C[C@@H](Cn2ccc(N)n2)N(C(=O)C/C=C/c2ccc(F)cc2)C1. The fourth-order valence-electron chi connectivity index (χ4n) is 3.20. The monoisotopic (exact) mass is 358 g/mol. The second-order valence-corrected chi connectivity index (χ2v) is 6.41. The molecule has 7 heteroatoms. The molecule has 26 heavy (non-hydrogen) atoms. The first-order valence-electron chi connectivity index (χ1n) is 8.58. The van der Waals surface area contributed by atoms with Crippen molar-refractivity contribution in [2.75, 3.05) is 19.4 Å². The highest BCUT2D eigenvalue weighted by molar-refractivity contribution is 5.79. The number of rotatable bonds is 6. The summed E-state index contributed by atoms with van der Waals surface area (Å²) in [5.41, 5.74) is 6.52. The van der Waals surface area contributed by atoms with E-state index in [-0.39, 0.29) is 30.3 Å². The van der Waals surface area contributed by atoms with E-state index in [1.165, 1.54) is 12.1 Å². The number of ether oxygens (including phenoxy) is 1. The van der Waals surface area contributed by atoms with Crippen molar-refractivity contribution in [1.29, 1.82) is 0 Å². The van der Waals surface area contributed by atoms with Gasteiger partial charge < -0.3 is 15.4 Å². The predicted molar refractivity (Wildman–Crippen MR) is 97.6 cm³/mol. The summed E-state index contributed by atoms with van der Waals surface area (Å²) in [7, 11) is 1.66. The summed E-state index contributed by atoms with van der Waals surface area (Å²) in [5, 5.41) is 4.20. The van der Waals surface area contributed by atoms with Gasteiger partial charge in [-0.25, -0.2) is 4.39 Å². The van der Waals surface area contributed by atoms with E-state index in [1.807, 2.05) is 17.2 Å². The molecule has 2 heterocycles. The highest BCUT2D eigenvalue weighted by atomic mass is 19.1. The first kappa shape index (κ1) is 18.1. The second-order valence-electron chi connectivity index (χ2n) is 6.41. The first-order valence-corrected chi connectivity index (χ1v) is 8.58. The number of nitrogens with zero attached hydrogens (tertiary/aromatic N) is 3. The minimum atomic E-state index is -0.275. The Kier molecular flexibility index (Phi) is 5.68. The summed E-state index contributed by atoms with van der Waals surface area (Å²) >= 11 is 0. The second kappa shape index (κ2) is 8.14. The molecule has 0 spiro atoms. The van der Waals surface area contributed by atoms with Gasteiger partial charge in [0.25, 0.3) is 0 Å². The van der Waals surface area contributed by atoms with E-state index < -0.39 is 0 Å². The minimum absolute atomic E-state index is 0.0194. The van der Waals surface area contributed by atoms with Crippen molar-refractivity contribution >= 4 is 17.8 Å². The van der Waals surface area contributed by atoms with Gasteiger partial charge in [-0.05, 0) is 30.2 Å². The minimum Gasteiger partial charge on any atom is -0.382 e. The molecule has 3 rings (SSSR count). The van der Waals surface area contributed by atoms with Crippen LogP contribution in [0, 0.1) is 5.82 Å². The van der Waals surface area contributed by atoms with Crippen LogP contribution in [0.15, 0.2) is 42.6 Å². The van der Waals surface area contributed by atoms with Crippen molar-refractivity contribution in [2.24, 2.45) is 0 Å². The molecule has 2 atom stereocenters. The van der Waals surface area contributed by atoms with Crippen LogP contribution in [0.3, 0.4) is 0 Å². The van der Waals surface area contributed by atoms with Crippen molar-refractivity contribution in [3.63, 3.8) is 0 Å². The third-order valence-electron chi connectivity index (χ3n) is 4.56. The lowest BCUT2D eigenvalue weighted by Gasteiger charge is -2.24. The van der Waals surface area contributed by atoms with Gasteiger partial charge in [-0.3, -0.25) is 9.48 Å². The fraction of sp³-hybridized carbons (Fsp3) is 0.368. The first-order chi connectivity index (χ1) is 12.5. The molecular weight excluding hydrogens is 335 g/mol. The summed E-state index contributed by atoms with van der Waals surface area (Å²) in [5.74, 6) is 0.224. The third kappa shape index (κ3) is 4.49. The summed E-state index contributed by atoms with van der Waals surface area (Å²) in [6.45, 7) is 1.16. The van der Waals surface area contributed by atoms with Gasteiger partial charge in [0.2, 0.25) is 5.91 Å². The number of halogens is 1. The number of benzene rings is 1. The van der Waals surface area contributed by atoms with Crippen LogP contribution in [-0.4, -0.2) is 46.4 Å². The fourth-order valence-corrected chi connectivity index (χ4v) is 3.20. The molecule has 1 aromatic carbocycles. The molecule has 1 fully saturated rings.